The monoisotopic (exact) mass is 387 g/mol. The Hall–Kier alpha value is -3.29. The third-order valence-electron chi connectivity index (χ3n) is 4.31. The summed E-state index contributed by atoms with van der Waals surface area (Å²) < 4.78 is 26.5. The number of aryl methyl sites for hydroxylation is 1. The van der Waals surface area contributed by atoms with Crippen LogP contribution in [0.3, 0.4) is 0 Å². The van der Waals surface area contributed by atoms with Gasteiger partial charge in [0.15, 0.2) is 0 Å². The van der Waals surface area contributed by atoms with E-state index in [1.165, 1.54) is 0 Å². The van der Waals surface area contributed by atoms with E-state index in [2.05, 4.69) is 16.0 Å². The molecule has 3 N–H and O–H groups in total. The molecule has 0 radical (unpaired) electrons. The minimum Gasteiger partial charge on any atom is -0.343 e. The molecular weight excluding hydrogens is 368 g/mol. The summed E-state index contributed by atoms with van der Waals surface area (Å²) in [7, 11) is 0. The molecule has 2 aromatic carbocycles. The number of carbonyl (C=O) groups is 3. The highest BCUT2D eigenvalue weighted by Gasteiger charge is 2.29. The van der Waals surface area contributed by atoms with Gasteiger partial charge in [0.2, 0.25) is 11.8 Å². The largest absolute Gasteiger partial charge is 0.343 e. The predicted octanol–water partition coefficient (Wildman–Crippen LogP) is 2.99. The number of hydrogen-bond acceptors (Lipinski definition) is 3. The van der Waals surface area contributed by atoms with Crippen molar-refractivity contribution in [3.05, 3.63) is 59.2 Å². The highest BCUT2D eigenvalue weighted by Crippen LogP contribution is 2.30. The van der Waals surface area contributed by atoms with Crippen LogP contribution in [0.15, 0.2) is 36.4 Å². The van der Waals surface area contributed by atoms with Crippen molar-refractivity contribution in [2.24, 2.45) is 5.92 Å². The van der Waals surface area contributed by atoms with Crippen molar-refractivity contribution in [1.29, 1.82) is 0 Å². The molecular formula is C20H19F2N3O3. The number of hydrogen-bond donors (Lipinski definition) is 3. The molecule has 1 aliphatic carbocycles. The summed E-state index contributed by atoms with van der Waals surface area (Å²) in [4.78, 5) is 35.9. The Bertz CT molecular complexity index is 942. The molecule has 2 aromatic rings. The zero-order chi connectivity index (χ0) is 20.3. The topological polar surface area (TPSA) is 87.3 Å². The smallest absolute Gasteiger partial charge is 0.254 e. The molecule has 0 aliphatic heterocycles. The van der Waals surface area contributed by atoms with Crippen molar-refractivity contribution in [1.82, 2.24) is 5.32 Å². The SMILES string of the molecule is Cc1ccc(NC(=O)C2CC2)cc1NC(=O)CNC(=O)c1ccc(F)cc1F. The van der Waals surface area contributed by atoms with E-state index in [1.54, 1.807) is 25.1 Å². The van der Waals surface area contributed by atoms with Crippen LogP contribution in [0.4, 0.5) is 20.2 Å². The van der Waals surface area contributed by atoms with Gasteiger partial charge in [-0.1, -0.05) is 6.07 Å². The summed E-state index contributed by atoms with van der Waals surface area (Å²) >= 11 is 0. The minimum absolute atomic E-state index is 0.0466. The van der Waals surface area contributed by atoms with Gasteiger partial charge in [-0.3, -0.25) is 14.4 Å². The van der Waals surface area contributed by atoms with Crippen LogP contribution in [0.1, 0.15) is 28.8 Å². The Kier molecular flexibility index (Phi) is 5.67. The molecule has 1 saturated carbocycles. The number of nitrogens with one attached hydrogen (secondary N) is 3. The maximum Gasteiger partial charge on any atom is 0.254 e. The van der Waals surface area contributed by atoms with Crippen molar-refractivity contribution in [2.75, 3.05) is 17.2 Å². The van der Waals surface area contributed by atoms with Crippen molar-refractivity contribution >= 4 is 29.1 Å². The third kappa shape index (κ3) is 4.91. The van der Waals surface area contributed by atoms with E-state index in [1.807, 2.05) is 0 Å². The Morgan fingerprint density at radius 2 is 1.79 bits per heavy atom. The molecule has 0 spiro atoms. The van der Waals surface area contributed by atoms with E-state index in [0.717, 1.165) is 30.5 Å². The molecule has 0 saturated heterocycles. The van der Waals surface area contributed by atoms with Crippen LogP contribution in [0.5, 0.6) is 0 Å². The summed E-state index contributed by atoms with van der Waals surface area (Å²) in [6.07, 6.45) is 1.77. The van der Waals surface area contributed by atoms with E-state index < -0.39 is 30.0 Å². The van der Waals surface area contributed by atoms with Gasteiger partial charge in [-0.2, -0.15) is 0 Å². The first-order valence-electron chi connectivity index (χ1n) is 8.78. The number of rotatable bonds is 6. The van der Waals surface area contributed by atoms with Crippen LogP contribution < -0.4 is 16.0 Å². The molecule has 146 valence electrons. The lowest BCUT2D eigenvalue weighted by Crippen LogP contribution is -2.33. The molecule has 1 fully saturated rings. The number of anilines is 2. The van der Waals surface area contributed by atoms with Gasteiger partial charge in [-0.05, 0) is 49.6 Å². The fraction of sp³-hybridized carbons (Fsp3) is 0.250. The fourth-order valence-electron chi connectivity index (χ4n) is 2.55. The molecule has 28 heavy (non-hydrogen) atoms. The molecule has 0 heterocycles. The molecule has 6 nitrogen and oxygen atoms in total. The van der Waals surface area contributed by atoms with Crippen LogP contribution in [0, 0.1) is 24.5 Å². The second-order valence-corrected chi connectivity index (χ2v) is 6.65. The average molecular weight is 387 g/mol. The van der Waals surface area contributed by atoms with Gasteiger partial charge in [0.25, 0.3) is 5.91 Å². The number of amides is 3. The van der Waals surface area contributed by atoms with Gasteiger partial charge in [0.05, 0.1) is 12.1 Å². The summed E-state index contributed by atoms with van der Waals surface area (Å²) in [5.41, 5.74) is 1.47. The van der Waals surface area contributed by atoms with Gasteiger partial charge >= 0.3 is 0 Å². The maximum absolute atomic E-state index is 13.6. The Labute approximate surface area is 160 Å². The van der Waals surface area contributed by atoms with Crippen molar-refractivity contribution in [2.45, 2.75) is 19.8 Å². The van der Waals surface area contributed by atoms with Crippen molar-refractivity contribution in [3.8, 4) is 0 Å². The number of halogens is 2. The summed E-state index contributed by atoms with van der Waals surface area (Å²) in [6.45, 7) is 1.39. The quantitative estimate of drug-likeness (QED) is 0.712. The van der Waals surface area contributed by atoms with E-state index in [-0.39, 0.29) is 17.4 Å². The van der Waals surface area contributed by atoms with Crippen LogP contribution in [0.25, 0.3) is 0 Å². The van der Waals surface area contributed by atoms with Gasteiger partial charge in [-0.25, -0.2) is 8.78 Å². The first kappa shape index (κ1) is 19.5. The first-order chi connectivity index (χ1) is 13.3. The van der Waals surface area contributed by atoms with Gasteiger partial charge in [0.1, 0.15) is 11.6 Å². The van der Waals surface area contributed by atoms with Crippen molar-refractivity contribution < 1.29 is 23.2 Å². The summed E-state index contributed by atoms with van der Waals surface area (Å²) in [5.74, 6) is -3.14. The lowest BCUT2D eigenvalue weighted by atomic mass is 10.1. The van der Waals surface area contributed by atoms with E-state index >= 15 is 0 Å². The molecule has 3 rings (SSSR count). The molecule has 8 heteroatoms. The predicted molar refractivity (Wildman–Crippen MR) is 99.9 cm³/mol. The van der Waals surface area contributed by atoms with E-state index in [4.69, 9.17) is 0 Å². The highest BCUT2D eigenvalue weighted by molar-refractivity contribution is 6.00. The molecule has 3 amide bonds. The third-order valence-corrected chi connectivity index (χ3v) is 4.31. The van der Waals surface area contributed by atoms with Crippen LogP contribution in [-0.2, 0) is 9.59 Å². The highest BCUT2D eigenvalue weighted by atomic mass is 19.1. The molecule has 1 aliphatic rings. The van der Waals surface area contributed by atoms with E-state index in [0.29, 0.717) is 17.4 Å². The first-order valence-corrected chi connectivity index (χ1v) is 8.78. The molecule has 0 atom stereocenters. The van der Waals surface area contributed by atoms with Gasteiger partial charge in [-0.15, -0.1) is 0 Å². The molecule has 0 unspecified atom stereocenters. The van der Waals surface area contributed by atoms with E-state index in [9.17, 15) is 23.2 Å². The van der Waals surface area contributed by atoms with Crippen LogP contribution >= 0.6 is 0 Å². The molecule has 0 aromatic heterocycles. The average Bonchev–Trinajstić information content (AvgIpc) is 3.48. The summed E-state index contributed by atoms with van der Waals surface area (Å²) in [6, 6.07) is 7.70. The van der Waals surface area contributed by atoms with Crippen LogP contribution in [0.2, 0.25) is 0 Å². The zero-order valence-electron chi connectivity index (χ0n) is 15.1. The fourth-order valence-corrected chi connectivity index (χ4v) is 2.55. The van der Waals surface area contributed by atoms with Crippen molar-refractivity contribution in [3.63, 3.8) is 0 Å². The maximum atomic E-state index is 13.6. The Morgan fingerprint density at radius 1 is 1.04 bits per heavy atom. The second-order valence-electron chi connectivity index (χ2n) is 6.65. The number of carbonyl (C=O) groups excluding carboxylic acids is 3. The van der Waals surface area contributed by atoms with Crippen LogP contribution in [-0.4, -0.2) is 24.3 Å². The van der Waals surface area contributed by atoms with Gasteiger partial charge in [0, 0.05) is 23.4 Å². The Balaban J connectivity index is 1.58. The molecule has 0 bridgehead atoms. The standard InChI is InChI=1S/C20H19F2N3O3/c1-11-2-6-14(24-19(27)12-3-4-12)9-17(11)25-18(26)10-23-20(28)15-7-5-13(21)8-16(15)22/h2,5-9,12H,3-4,10H2,1H3,(H,23,28)(H,24,27)(H,25,26). The zero-order valence-corrected chi connectivity index (χ0v) is 15.1. The summed E-state index contributed by atoms with van der Waals surface area (Å²) in [5, 5.41) is 7.72. The van der Waals surface area contributed by atoms with Gasteiger partial charge < -0.3 is 16.0 Å². The number of benzene rings is 2. The lowest BCUT2D eigenvalue weighted by Gasteiger charge is -2.12. The second kappa shape index (κ2) is 8.16. The lowest BCUT2D eigenvalue weighted by molar-refractivity contribution is -0.117. The minimum atomic E-state index is -1.01. The normalized spacial score (nSPS) is 13.0. The Morgan fingerprint density at radius 3 is 2.46 bits per heavy atom.